The molecule has 0 unspecified atom stereocenters. The zero-order valence-electron chi connectivity index (χ0n) is 9.96. The molecule has 0 fully saturated rings. The number of aromatic nitrogens is 3. The fourth-order valence-electron chi connectivity index (χ4n) is 1.56. The van der Waals surface area contributed by atoms with Crippen molar-refractivity contribution in [3.8, 4) is 11.5 Å². The first kappa shape index (κ1) is 12.0. The summed E-state index contributed by atoms with van der Waals surface area (Å²) in [6, 6.07) is 4.77. The third-order valence-electron chi connectivity index (χ3n) is 2.63. The van der Waals surface area contributed by atoms with Crippen molar-refractivity contribution in [2.75, 3.05) is 24.2 Å². The fraction of sp³-hybridized carbons (Fsp3) is 0.273. The quantitative estimate of drug-likeness (QED) is 0.586. The highest BCUT2D eigenvalue weighted by Crippen LogP contribution is 2.25. The zero-order valence-corrected chi connectivity index (χ0v) is 9.96. The summed E-state index contributed by atoms with van der Waals surface area (Å²) < 4.78 is 0. The minimum Gasteiger partial charge on any atom is -0.504 e. The molecule has 2 aromatic rings. The van der Waals surface area contributed by atoms with Gasteiger partial charge in [0.05, 0.1) is 0 Å². The van der Waals surface area contributed by atoms with Gasteiger partial charge in [-0.2, -0.15) is 0 Å². The van der Waals surface area contributed by atoms with Gasteiger partial charge in [-0.15, -0.1) is 10.2 Å². The number of H-pyrrole nitrogens is 1. The number of aromatic hydroxyl groups is 2. The van der Waals surface area contributed by atoms with Crippen LogP contribution in [0.3, 0.4) is 0 Å². The number of nitrogens with two attached hydrogens (primary N) is 1. The molecule has 0 aliphatic heterocycles. The van der Waals surface area contributed by atoms with Crippen molar-refractivity contribution in [1.82, 2.24) is 15.2 Å². The van der Waals surface area contributed by atoms with Crippen molar-refractivity contribution in [3.63, 3.8) is 0 Å². The number of likely N-dealkylation sites (N-methyl/N-ethyl adjacent to an activating group) is 1. The number of nitrogens with zero attached hydrogens (tertiary/aromatic N) is 3. The first-order valence-corrected chi connectivity index (χ1v) is 5.46. The van der Waals surface area contributed by atoms with E-state index in [9.17, 15) is 10.2 Å². The molecular formula is C11H15N5O2. The third kappa shape index (κ3) is 2.62. The Morgan fingerprint density at radius 2 is 2.06 bits per heavy atom. The van der Waals surface area contributed by atoms with Crippen LogP contribution in [0.25, 0.3) is 0 Å². The second-order valence-corrected chi connectivity index (χ2v) is 4.03. The number of anilines is 2. The van der Waals surface area contributed by atoms with Gasteiger partial charge in [-0.25, -0.2) is 0 Å². The number of hydrogen-bond donors (Lipinski definition) is 4. The van der Waals surface area contributed by atoms with Crippen LogP contribution in [0.4, 0.5) is 11.9 Å². The lowest BCUT2D eigenvalue weighted by Gasteiger charge is -2.15. The second kappa shape index (κ2) is 4.82. The smallest absolute Gasteiger partial charge is 0.225 e. The molecule has 0 aliphatic carbocycles. The van der Waals surface area contributed by atoms with E-state index in [1.165, 1.54) is 12.1 Å². The molecule has 1 aromatic heterocycles. The standard InChI is InChI=1S/C11H15N5O2/c1-16(11-13-10(12)14-15-11)5-4-7-2-3-8(17)9(18)6-7/h2-3,6,17-18H,4-5H2,1H3,(H3,12,13,14,15). The third-order valence-corrected chi connectivity index (χ3v) is 2.63. The van der Waals surface area contributed by atoms with Crippen LogP contribution in [0.15, 0.2) is 18.2 Å². The molecule has 0 spiro atoms. The van der Waals surface area contributed by atoms with E-state index in [-0.39, 0.29) is 17.4 Å². The summed E-state index contributed by atoms with van der Waals surface area (Å²) in [5.41, 5.74) is 6.36. The van der Waals surface area contributed by atoms with Gasteiger partial charge in [0.2, 0.25) is 11.9 Å². The largest absolute Gasteiger partial charge is 0.504 e. The Kier molecular flexibility index (Phi) is 3.22. The molecule has 1 aromatic carbocycles. The van der Waals surface area contributed by atoms with Crippen molar-refractivity contribution in [1.29, 1.82) is 0 Å². The van der Waals surface area contributed by atoms with E-state index in [1.54, 1.807) is 6.07 Å². The number of benzene rings is 1. The average molecular weight is 249 g/mol. The number of aromatic amines is 1. The summed E-state index contributed by atoms with van der Waals surface area (Å²) in [6.45, 7) is 0.679. The summed E-state index contributed by atoms with van der Waals surface area (Å²) in [6.07, 6.45) is 0.699. The highest BCUT2D eigenvalue weighted by molar-refractivity contribution is 5.41. The zero-order chi connectivity index (χ0) is 13.1. The molecule has 5 N–H and O–H groups in total. The molecular weight excluding hydrogens is 234 g/mol. The molecule has 0 bridgehead atoms. The second-order valence-electron chi connectivity index (χ2n) is 4.03. The van der Waals surface area contributed by atoms with Gasteiger partial charge in [0.15, 0.2) is 11.5 Å². The number of nitrogens with one attached hydrogen (secondary N) is 1. The highest BCUT2D eigenvalue weighted by atomic mass is 16.3. The number of nitrogen functional groups attached to an aromatic ring is 1. The van der Waals surface area contributed by atoms with Crippen molar-refractivity contribution < 1.29 is 10.2 Å². The van der Waals surface area contributed by atoms with Gasteiger partial charge in [-0.05, 0) is 24.1 Å². The molecule has 1 heterocycles. The minimum absolute atomic E-state index is 0.112. The van der Waals surface area contributed by atoms with E-state index in [0.29, 0.717) is 18.9 Å². The van der Waals surface area contributed by atoms with Gasteiger partial charge < -0.3 is 20.8 Å². The van der Waals surface area contributed by atoms with Crippen molar-refractivity contribution in [2.24, 2.45) is 0 Å². The molecule has 7 heteroatoms. The summed E-state index contributed by atoms with van der Waals surface area (Å²) in [7, 11) is 1.86. The average Bonchev–Trinajstić information content (AvgIpc) is 2.77. The normalized spacial score (nSPS) is 10.5. The van der Waals surface area contributed by atoms with Crippen LogP contribution < -0.4 is 10.6 Å². The van der Waals surface area contributed by atoms with Crippen LogP contribution in [0.2, 0.25) is 0 Å². The summed E-state index contributed by atoms with van der Waals surface area (Å²) >= 11 is 0. The maximum Gasteiger partial charge on any atom is 0.225 e. The number of rotatable bonds is 4. The predicted molar refractivity (Wildman–Crippen MR) is 67.5 cm³/mol. The fourth-order valence-corrected chi connectivity index (χ4v) is 1.56. The summed E-state index contributed by atoms with van der Waals surface area (Å²) in [5.74, 6) is 0.642. The van der Waals surface area contributed by atoms with Crippen LogP contribution in [-0.2, 0) is 6.42 Å². The van der Waals surface area contributed by atoms with Gasteiger partial charge in [-0.3, -0.25) is 4.98 Å². The predicted octanol–water partition coefficient (Wildman–Crippen LogP) is 0.477. The van der Waals surface area contributed by atoms with Crippen LogP contribution >= 0.6 is 0 Å². The van der Waals surface area contributed by atoms with E-state index in [0.717, 1.165) is 5.56 Å². The molecule has 0 aliphatic rings. The Morgan fingerprint density at radius 3 is 2.67 bits per heavy atom. The molecule has 7 nitrogen and oxygen atoms in total. The van der Waals surface area contributed by atoms with Gasteiger partial charge in [-0.1, -0.05) is 6.07 Å². The van der Waals surface area contributed by atoms with E-state index in [1.807, 2.05) is 11.9 Å². The molecule has 0 saturated heterocycles. The number of phenolic OH excluding ortho intramolecular Hbond substituents is 2. The van der Waals surface area contributed by atoms with E-state index in [4.69, 9.17) is 5.73 Å². The Balaban J connectivity index is 1.97. The molecule has 0 amide bonds. The highest BCUT2D eigenvalue weighted by Gasteiger charge is 2.07. The Hall–Kier alpha value is -2.44. The van der Waals surface area contributed by atoms with Gasteiger partial charge >= 0.3 is 0 Å². The SMILES string of the molecule is CN(CCc1ccc(O)c(O)c1)c1nnc(N)[nH]1. The van der Waals surface area contributed by atoms with Gasteiger partial charge in [0, 0.05) is 13.6 Å². The van der Waals surface area contributed by atoms with Crippen LogP contribution in [0, 0.1) is 0 Å². The van der Waals surface area contributed by atoms with Crippen LogP contribution in [0.1, 0.15) is 5.56 Å². The van der Waals surface area contributed by atoms with Crippen molar-refractivity contribution >= 4 is 11.9 Å². The van der Waals surface area contributed by atoms with E-state index in [2.05, 4.69) is 15.2 Å². The number of phenols is 2. The Labute approximate surface area is 104 Å². The summed E-state index contributed by atoms with van der Waals surface area (Å²) in [5, 5.41) is 26.1. The maximum absolute atomic E-state index is 9.38. The summed E-state index contributed by atoms with van der Waals surface area (Å²) in [4.78, 5) is 4.69. The van der Waals surface area contributed by atoms with Gasteiger partial charge in [0.1, 0.15) is 0 Å². The topological polar surface area (TPSA) is 111 Å². The van der Waals surface area contributed by atoms with E-state index >= 15 is 0 Å². The van der Waals surface area contributed by atoms with Gasteiger partial charge in [0.25, 0.3) is 0 Å². The molecule has 18 heavy (non-hydrogen) atoms. The molecule has 2 rings (SSSR count). The minimum atomic E-state index is -0.116. The molecule has 96 valence electrons. The lowest BCUT2D eigenvalue weighted by molar-refractivity contribution is 0.403. The van der Waals surface area contributed by atoms with E-state index < -0.39 is 0 Å². The number of hydrogen-bond acceptors (Lipinski definition) is 6. The Morgan fingerprint density at radius 1 is 1.28 bits per heavy atom. The monoisotopic (exact) mass is 249 g/mol. The first-order valence-electron chi connectivity index (χ1n) is 5.46. The Bertz CT molecular complexity index is 540. The maximum atomic E-state index is 9.38. The first-order chi connectivity index (χ1) is 8.56. The van der Waals surface area contributed by atoms with Crippen LogP contribution in [-0.4, -0.2) is 39.0 Å². The molecule has 0 saturated carbocycles. The lowest BCUT2D eigenvalue weighted by atomic mass is 10.1. The van der Waals surface area contributed by atoms with Crippen LogP contribution in [0.5, 0.6) is 11.5 Å². The molecule has 0 radical (unpaired) electrons. The van der Waals surface area contributed by atoms with Crippen molar-refractivity contribution in [2.45, 2.75) is 6.42 Å². The lowest BCUT2D eigenvalue weighted by Crippen LogP contribution is -2.21. The van der Waals surface area contributed by atoms with Crippen molar-refractivity contribution in [3.05, 3.63) is 23.8 Å². The molecule has 0 atom stereocenters.